The van der Waals surface area contributed by atoms with Crippen molar-refractivity contribution in [1.82, 2.24) is 20.5 Å². The second kappa shape index (κ2) is 11.3. The highest BCUT2D eigenvalue weighted by atomic mass is 127. The summed E-state index contributed by atoms with van der Waals surface area (Å²) < 4.78 is 13.6. The molecule has 0 radical (unpaired) electrons. The number of halogens is 2. The SMILES string of the molecule is CCN1CCN(c2cc(CNC(=NC)NCC3(c4cccc(F)c4)CC3)ccn2)CC1.I. The van der Waals surface area contributed by atoms with Gasteiger partial charge in [-0.05, 0) is 54.8 Å². The van der Waals surface area contributed by atoms with Crippen LogP contribution in [0.2, 0.25) is 0 Å². The van der Waals surface area contributed by atoms with Crippen LogP contribution in [-0.4, -0.2) is 62.2 Å². The molecule has 2 aliphatic rings. The van der Waals surface area contributed by atoms with Gasteiger partial charge < -0.3 is 20.4 Å². The molecule has 32 heavy (non-hydrogen) atoms. The molecule has 0 unspecified atom stereocenters. The average Bonchev–Trinajstić information content (AvgIpc) is 3.61. The van der Waals surface area contributed by atoms with E-state index in [4.69, 9.17) is 0 Å². The van der Waals surface area contributed by atoms with Crippen LogP contribution >= 0.6 is 24.0 Å². The smallest absolute Gasteiger partial charge is 0.191 e. The first-order valence-corrected chi connectivity index (χ1v) is 11.2. The van der Waals surface area contributed by atoms with E-state index in [0.717, 1.165) is 69.5 Å². The Morgan fingerprint density at radius 2 is 1.91 bits per heavy atom. The van der Waals surface area contributed by atoms with Gasteiger partial charge in [0, 0.05) is 57.9 Å². The molecule has 0 spiro atoms. The van der Waals surface area contributed by atoms with Crippen molar-refractivity contribution in [3.8, 4) is 0 Å². The zero-order valence-corrected chi connectivity index (χ0v) is 21.3. The molecule has 6 nitrogen and oxygen atoms in total. The fourth-order valence-electron chi connectivity index (χ4n) is 4.23. The lowest BCUT2D eigenvalue weighted by Crippen LogP contribution is -2.46. The number of nitrogens with one attached hydrogen (secondary N) is 2. The van der Waals surface area contributed by atoms with Gasteiger partial charge in [0.25, 0.3) is 0 Å². The summed E-state index contributed by atoms with van der Waals surface area (Å²) in [5.74, 6) is 1.63. The summed E-state index contributed by atoms with van der Waals surface area (Å²) in [7, 11) is 1.78. The summed E-state index contributed by atoms with van der Waals surface area (Å²) in [4.78, 5) is 13.8. The van der Waals surface area contributed by atoms with Crippen LogP contribution in [0.1, 0.15) is 30.9 Å². The van der Waals surface area contributed by atoms with Crippen LogP contribution in [0.5, 0.6) is 0 Å². The molecule has 1 aromatic heterocycles. The van der Waals surface area contributed by atoms with E-state index in [1.54, 1.807) is 19.2 Å². The van der Waals surface area contributed by atoms with Crippen molar-refractivity contribution in [1.29, 1.82) is 0 Å². The van der Waals surface area contributed by atoms with Crippen molar-refractivity contribution in [3.63, 3.8) is 0 Å². The van der Waals surface area contributed by atoms with E-state index in [9.17, 15) is 4.39 Å². The Labute approximate surface area is 207 Å². The molecule has 2 fully saturated rings. The first-order valence-electron chi connectivity index (χ1n) is 11.2. The number of nitrogens with zero attached hydrogens (tertiary/aromatic N) is 4. The van der Waals surface area contributed by atoms with Gasteiger partial charge in [-0.25, -0.2) is 9.37 Å². The van der Waals surface area contributed by atoms with Gasteiger partial charge in [0.2, 0.25) is 0 Å². The zero-order chi connectivity index (χ0) is 21.7. The lowest BCUT2D eigenvalue weighted by atomic mass is 9.96. The predicted octanol–water partition coefficient (Wildman–Crippen LogP) is 3.38. The fraction of sp³-hybridized carbons (Fsp3) is 0.500. The van der Waals surface area contributed by atoms with Gasteiger partial charge in [-0.1, -0.05) is 19.1 Å². The number of hydrogen-bond donors (Lipinski definition) is 2. The Morgan fingerprint density at radius 3 is 2.56 bits per heavy atom. The number of piperazine rings is 1. The largest absolute Gasteiger partial charge is 0.356 e. The molecule has 0 amide bonds. The maximum Gasteiger partial charge on any atom is 0.191 e. The van der Waals surface area contributed by atoms with Crippen LogP contribution in [0.15, 0.2) is 47.6 Å². The minimum absolute atomic E-state index is 0. The van der Waals surface area contributed by atoms with Crippen LogP contribution in [0, 0.1) is 5.82 Å². The third kappa shape index (κ3) is 6.10. The van der Waals surface area contributed by atoms with Crippen LogP contribution in [-0.2, 0) is 12.0 Å². The molecule has 1 saturated carbocycles. The van der Waals surface area contributed by atoms with E-state index >= 15 is 0 Å². The van der Waals surface area contributed by atoms with Gasteiger partial charge >= 0.3 is 0 Å². The summed E-state index contributed by atoms with van der Waals surface area (Å²) >= 11 is 0. The van der Waals surface area contributed by atoms with Gasteiger partial charge in [-0.3, -0.25) is 4.99 Å². The fourth-order valence-corrected chi connectivity index (χ4v) is 4.23. The first kappa shape index (κ1) is 24.7. The summed E-state index contributed by atoms with van der Waals surface area (Å²) in [5.41, 5.74) is 2.26. The summed E-state index contributed by atoms with van der Waals surface area (Å²) in [6, 6.07) is 11.2. The molecular formula is C24H34FIN6. The zero-order valence-electron chi connectivity index (χ0n) is 19.0. The highest BCUT2D eigenvalue weighted by molar-refractivity contribution is 14.0. The highest BCUT2D eigenvalue weighted by Crippen LogP contribution is 2.47. The third-order valence-corrected chi connectivity index (χ3v) is 6.52. The monoisotopic (exact) mass is 552 g/mol. The number of likely N-dealkylation sites (N-methyl/N-ethyl adjacent to an activating group) is 1. The number of rotatable bonds is 7. The third-order valence-electron chi connectivity index (χ3n) is 6.52. The minimum Gasteiger partial charge on any atom is -0.356 e. The number of aliphatic imine (C=N–C) groups is 1. The van der Waals surface area contributed by atoms with Gasteiger partial charge in [-0.2, -0.15) is 0 Å². The summed E-state index contributed by atoms with van der Waals surface area (Å²) in [6.45, 7) is 8.96. The molecule has 2 N–H and O–H groups in total. The molecule has 2 heterocycles. The Morgan fingerprint density at radius 1 is 1.12 bits per heavy atom. The Balaban J connectivity index is 0.00000289. The second-order valence-corrected chi connectivity index (χ2v) is 8.51. The first-order chi connectivity index (χ1) is 15.1. The van der Waals surface area contributed by atoms with Crippen molar-refractivity contribution in [2.24, 2.45) is 4.99 Å². The molecule has 1 aliphatic heterocycles. The molecule has 1 saturated heterocycles. The van der Waals surface area contributed by atoms with Crippen molar-refractivity contribution < 1.29 is 4.39 Å². The molecule has 1 aromatic carbocycles. The number of guanidine groups is 1. The molecule has 174 valence electrons. The van der Waals surface area contributed by atoms with E-state index in [2.05, 4.69) is 43.4 Å². The Hall–Kier alpha value is -1.94. The van der Waals surface area contributed by atoms with Crippen molar-refractivity contribution in [2.75, 3.05) is 51.2 Å². The normalized spacial score (nSPS) is 18.1. The number of anilines is 1. The van der Waals surface area contributed by atoms with Crippen LogP contribution in [0.4, 0.5) is 10.2 Å². The summed E-state index contributed by atoms with van der Waals surface area (Å²) in [6.07, 6.45) is 4.02. The van der Waals surface area contributed by atoms with Gasteiger partial charge in [-0.15, -0.1) is 24.0 Å². The van der Waals surface area contributed by atoms with Crippen LogP contribution < -0.4 is 15.5 Å². The van der Waals surface area contributed by atoms with E-state index < -0.39 is 0 Å². The number of aromatic nitrogens is 1. The van der Waals surface area contributed by atoms with E-state index in [-0.39, 0.29) is 35.2 Å². The van der Waals surface area contributed by atoms with Gasteiger partial charge in [0.15, 0.2) is 5.96 Å². The minimum atomic E-state index is -0.170. The molecule has 2 aromatic rings. The van der Waals surface area contributed by atoms with E-state index in [1.807, 2.05) is 18.3 Å². The molecule has 1 aliphatic carbocycles. The second-order valence-electron chi connectivity index (χ2n) is 8.51. The highest BCUT2D eigenvalue weighted by Gasteiger charge is 2.44. The number of pyridine rings is 1. The maximum absolute atomic E-state index is 13.6. The van der Waals surface area contributed by atoms with Crippen molar-refractivity contribution in [3.05, 3.63) is 59.5 Å². The van der Waals surface area contributed by atoms with Crippen molar-refractivity contribution in [2.45, 2.75) is 31.7 Å². The van der Waals surface area contributed by atoms with E-state index in [1.165, 1.54) is 11.6 Å². The molecular weight excluding hydrogens is 518 g/mol. The number of benzene rings is 1. The Kier molecular flexibility index (Phi) is 8.70. The van der Waals surface area contributed by atoms with Crippen LogP contribution in [0.25, 0.3) is 0 Å². The lowest BCUT2D eigenvalue weighted by Gasteiger charge is -2.34. The van der Waals surface area contributed by atoms with Gasteiger partial charge in [0.1, 0.15) is 11.6 Å². The molecule has 4 rings (SSSR count). The van der Waals surface area contributed by atoms with Crippen molar-refractivity contribution >= 4 is 35.8 Å². The standard InChI is InChI=1S/C24H33FN6.HI/c1-3-30-11-13-31(14-12-30)22-15-19(7-10-27-22)17-28-23(26-2)29-18-24(8-9-24)20-5-4-6-21(25)16-20;/h4-7,10,15-16H,3,8-9,11-14,17-18H2,1-2H3,(H2,26,28,29);1H. The molecule has 0 atom stereocenters. The van der Waals surface area contributed by atoms with Gasteiger partial charge in [0.05, 0.1) is 0 Å². The summed E-state index contributed by atoms with van der Waals surface area (Å²) in [5, 5.41) is 6.84. The van der Waals surface area contributed by atoms with Crippen LogP contribution in [0.3, 0.4) is 0 Å². The quantitative estimate of drug-likeness (QED) is 0.314. The molecule has 0 bridgehead atoms. The maximum atomic E-state index is 13.6. The Bertz CT molecular complexity index is 909. The lowest BCUT2D eigenvalue weighted by molar-refractivity contribution is 0.270. The molecule has 8 heteroatoms. The number of hydrogen-bond acceptors (Lipinski definition) is 4. The predicted molar refractivity (Wildman–Crippen MR) is 139 cm³/mol. The van der Waals surface area contributed by atoms with E-state index in [0.29, 0.717) is 6.54 Å². The average molecular weight is 552 g/mol. The topological polar surface area (TPSA) is 55.8 Å².